The van der Waals surface area contributed by atoms with E-state index in [1.54, 1.807) is 54.7 Å². The molecular weight excluding hydrogens is 472 g/mol. The monoisotopic (exact) mass is 504 g/mol. The molecule has 1 aromatic heterocycles. The van der Waals surface area contributed by atoms with E-state index in [0.29, 0.717) is 40.5 Å². The van der Waals surface area contributed by atoms with E-state index in [0.717, 1.165) is 5.56 Å². The molecule has 0 radical (unpaired) electrons. The van der Waals surface area contributed by atoms with Gasteiger partial charge in [0.05, 0.1) is 18.3 Å². The number of nitrogen functional groups attached to an aromatic ring is 1. The zero-order chi connectivity index (χ0) is 26.9. The zero-order valence-corrected chi connectivity index (χ0v) is 21.3. The van der Waals surface area contributed by atoms with Crippen LogP contribution in [0, 0.1) is 12.3 Å². The number of nitrogens with two attached hydrogens (primary N) is 1. The average Bonchev–Trinajstić information content (AvgIpc) is 2.87. The van der Waals surface area contributed by atoms with Gasteiger partial charge in [0, 0.05) is 23.6 Å². The zero-order valence-electron chi connectivity index (χ0n) is 21.3. The van der Waals surface area contributed by atoms with Gasteiger partial charge >= 0.3 is 0 Å². The van der Waals surface area contributed by atoms with Gasteiger partial charge in [0.1, 0.15) is 11.9 Å². The first-order chi connectivity index (χ1) is 17.7. The molecule has 6 N–H and O–H groups in total. The van der Waals surface area contributed by atoms with E-state index < -0.39 is 17.9 Å². The number of ether oxygens (including phenoxy) is 2. The lowest BCUT2D eigenvalue weighted by Crippen LogP contribution is -2.45. The number of hydrogen-bond donors (Lipinski definition) is 5. The first-order valence-electron chi connectivity index (χ1n) is 11.8. The Labute approximate surface area is 216 Å². The van der Waals surface area contributed by atoms with E-state index in [-0.39, 0.29) is 11.9 Å². The molecule has 0 aliphatic heterocycles. The highest BCUT2D eigenvalue weighted by Gasteiger charge is 2.23. The molecule has 0 bridgehead atoms. The molecule has 1 unspecified atom stereocenters. The fourth-order valence-electron chi connectivity index (χ4n) is 3.48. The van der Waals surface area contributed by atoms with Crippen LogP contribution in [0.2, 0.25) is 0 Å². The number of aryl methyl sites for hydroxylation is 1. The molecule has 10 heteroatoms. The number of nitrogens with zero attached hydrogens (tertiary/aromatic N) is 1. The SMILES string of the molecule is CCOc1cc(C(Nc2ccc(C(=N)N)cc2)C(=O)NNC(=O)c2cncc(C)c2)ccc1OC(C)C. The third-order valence-corrected chi connectivity index (χ3v) is 5.17. The lowest BCUT2D eigenvalue weighted by Gasteiger charge is -2.22. The Morgan fingerprint density at radius 1 is 1.00 bits per heavy atom. The van der Waals surface area contributed by atoms with Crippen molar-refractivity contribution in [2.45, 2.75) is 39.8 Å². The van der Waals surface area contributed by atoms with Crippen molar-refractivity contribution in [2.24, 2.45) is 5.73 Å². The molecule has 0 aliphatic carbocycles. The Morgan fingerprint density at radius 2 is 1.73 bits per heavy atom. The van der Waals surface area contributed by atoms with Crippen molar-refractivity contribution in [3.63, 3.8) is 0 Å². The second kappa shape index (κ2) is 12.4. The average molecular weight is 505 g/mol. The molecule has 3 aromatic rings. The highest BCUT2D eigenvalue weighted by atomic mass is 16.5. The van der Waals surface area contributed by atoms with Gasteiger partial charge < -0.3 is 20.5 Å². The molecule has 1 heterocycles. The number of amides is 2. The predicted octanol–water partition coefficient (Wildman–Crippen LogP) is 3.47. The number of pyridine rings is 1. The summed E-state index contributed by atoms with van der Waals surface area (Å²) in [4.78, 5) is 29.9. The maximum Gasteiger partial charge on any atom is 0.271 e. The third-order valence-electron chi connectivity index (χ3n) is 5.17. The van der Waals surface area contributed by atoms with E-state index in [1.165, 1.54) is 6.20 Å². The minimum absolute atomic E-state index is 0.0590. The molecular formula is C27H32N6O4. The number of nitrogens with one attached hydrogen (secondary N) is 4. The van der Waals surface area contributed by atoms with Crippen molar-refractivity contribution in [1.29, 1.82) is 5.41 Å². The number of benzene rings is 2. The number of aromatic nitrogens is 1. The maximum atomic E-state index is 13.3. The summed E-state index contributed by atoms with van der Waals surface area (Å²) in [5.74, 6) is -0.00779. The second-order valence-electron chi connectivity index (χ2n) is 8.57. The summed E-state index contributed by atoms with van der Waals surface area (Å²) in [7, 11) is 0. The van der Waals surface area contributed by atoms with Crippen LogP contribution in [0.3, 0.4) is 0 Å². The van der Waals surface area contributed by atoms with Crippen LogP contribution >= 0.6 is 0 Å². The quantitative estimate of drug-likeness (QED) is 0.161. The Kier molecular flexibility index (Phi) is 9.04. The van der Waals surface area contributed by atoms with Crippen LogP contribution in [0.25, 0.3) is 0 Å². The lowest BCUT2D eigenvalue weighted by atomic mass is 10.0. The van der Waals surface area contributed by atoms with Crippen molar-refractivity contribution in [1.82, 2.24) is 15.8 Å². The van der Waals surface area contributed by atoms with Gasteiger partial charge in [-0.25, -0.2) is 0 Å². The lowest BCUT2D eigenvalue weighted by molar-refractivity contribution is -0.122. The summed E-state index contributed by atoms with van der Waals surface area (Å²) in [6, 6.07) is 12.8. The van der Waals surface area contributed by atoms with E-state index >= 15 is 0 Å². The van der Waals surface area contributed by atoms with Crippen LogP contribution < -0.4 is 31.4 Å². The fourth-order valence-corrected chi connectivity index (χ4v) is 3.48. The first-order valence-corrected chi connectivity index (χ1v) is 11.8. The van der Waals surface area contributed by atoms with E-state index in [1.807, 2.05) is 27.7 Å². The molecule has 0 saturated carbocycles. The van der Waals surface area contributed by atoms with Crippen molar-refractivity contribution in [3.8, 4) is 11.5 Å². The van der Waals surface area contributed by atoms with Crippen molar-refractivity contribution < 1.29 is 19.1 Å². The molecule has 10 nitrogen and oxygen atoms in total. The number of carbonyl (C=O) groups excluding carboxylic acids is 2. The first kappa shape index (κ1) is 27.0. The van der Waals surface area contributed by atoms with Crippen molar-refractivity contribution in [3.05, 3.63) is 83.2 Å². The van der Waals surface area contributed by atoms with Gasteiger partial charge in [-0.1, -0.05) is 6.07 Å². The highest BCUT2D eigenvalue weighted by Crippen LogP contribution is 2.32. The predicted molar refractivity (Wildman–Crippen MR) is 142 cm³/mol. The van der Waals surface area contributed by atoms with E-state index in [4.69, 9.17) is 20.6 Å². The van der Waals surface area contributed by atoms with Crippen LogP contribution in [-0.4, -0.2) is 35.3 Å². The summed E-state index contributed by atoms with van der Waals surface area (Å²) in [5.41, 5.74) is 13.4. The summed E-state index contributed by atoms with van der Waals surface area (Å²) < 4.78 is 11.6. The van der Waals surface area contributed by atoms with Crippen LogP contribution in [0.4, 0.5) is 5.69 Å². The van der Waals surface area contributed by atoms with Crippen molar-refractivity contribution in [2.75, 3.05) is 11.9 Å². The number of rotatable bonds is 10. The fraction of sp³-hybridized carbons (Fsp3) is 0.259. The molecule has 1 atom stereocenters. The van der Waals surface area contributed by atoms with Gasteiger partial charge in [-0.2, -0.15) is 0 Å². The molecule has 194 valence electrons. The smallest absolute Gasteiger partial charge is 0.271 e. The maximum absolute atomic E-state index is 13.3. The topological polar surface area (TPSA) is 151 Å². The summed E-state index contributed by atoms with van der Waals surface area (Å²) in [6.45, 7) is 7.93. The Bertz CT molecular complexity index is 1260. The standard InChI is InChI=1S/C27H32N6O4/c1-5-36-23-13-19(8-11-22(23)37-16(2)3)24(31-21-9-6-18(7-10-21)25(28)29)27(35)33-32-26(34)20-12-17(4)14-30-15-20/h6-16,24,31H,5H2,1-4H3,(H3,28,29)(H,32,34)(H,33,35). The number of hydrogen-bond acceptors (Lipinski definition) is 7. The largest absolute Gasteiger partial charge is 0.490 e. The molecule has 0 spiro atoms. The number of hydrazine groups is 1. The van der Waals surface area contributed by atoms with Crippen molar-refractivity contribution >= 4 is 23.3 Å². The summed E-state index contributed by atoms with van der Waals surface area (Å²) in [5, 5.41) is 10.8. The van der Waals surface area contributed by atoms with Gasteiger partial charge in [0.15, 0.2) is 11.5 Å². The molecule has 2 aromatic carbocycles. The van der Waals surface area contributed by atoms with Crippen LogP contribution in [0.15, 0.2) is 60.9 Å². The van der Waals surface area contributed by atoms with Gasteiger partial charge in [-0.3, -0.25) is 30.8 Å². The minimum atomic E-state index is -0.911. The number of carbonyl (C=O) groups is 2. The third kappa shape index (κ3) is 7.44. The minimum Gasteiger partial charge on any atom is -0.490 e. The van der Waals surface area contributed by atoms with E-state index in [9.17, 15) is 9.59 Å². The normalized spacial score (nSPS) is 11.4. The van der Waals surface area contributed by atoms with Gasteiger partial charge in [0.25, 0.3) is 11.8 Å². The highest BCUT2D eigenvalue weighted by molar-refractivity contribution is 5.97. The van der Waals surface area contributed by atoms with Gasteiger partial charge in [0.2, 0.25) is 0 Å². The molecule has 0 saturated heterocycles. The van der Waals surface area contributed by atoms with Crippen LogP contribution in [-0.2, 0) is 4.79 Å². The molecule has 0 aliphatic rings. The number of amidine groups is 1. The molecule has 2 amide bonds. The second-order valence-corrected chi connectivity index (χ2v) is 8.57. The molecule has 37 heavy (non-hydrogen) atoms. The van der Waals surface area contributed by atoms with E-state index in [2.05, 4.69) is 21.2 Å². The molecule has 3 rings (SSSR count). The van der Waals surface area contributed by atoms with Crippen LogP contribution in [0.5, 0.6) is 11.5 Å². The Morgan fingerprint density at radius 3 is 2.35 bits per heavy atom. The molecule has 0 fully saturated rings. The van der Waals surface area contributed by atoms with Gasteiger partial charge in [-0.05, 0) is 81.3 Å². The Balaban J connectivity index is 1.89. The Hall–Kier alpha value is -4.60. The van der Waals surface area contributed by atoms with Crippen LogP contribution in [0.1, 0.15) is 53.9 Å². The summed E-state index contributed by atoms with van der Waals surface area (Å²) in [6.07, 6.45) is 2.99. The number of anilines is 1. The summed E-state index contributed by atoms with van der Waals surface area (Å²) >= 11 is 0. The van der Waals surface area contributed by atoms with Gasteiger partial charge in [-0.15, -0.1) is 0 Å².